The third-order valence-corrected chi connectivity index (χ3v) is 5.14. The molecule has 2 fully saturated rings. The predicted molar refractivity (Wildman–Crippen MR) is 97.6 cm³/mol. The summed E-state index contributed by atoms with van der Waals surface area (Å²) in [6.07, 6.45) is 5.12. The van der Waals surface area contributed by atoms with E-state index in [1.807, 2.05) is 40.6 Å². The lowest BCUT2D eigenvalue weighted by Crippen LogP contribution is -2.60. The molecule has 0 saturated carbocycles. The number of halogens is 1. The van der Waals surface area contributed by atoms with Crippen molar-refractivity contribution in [2.75, 3.05) is 39.3 Å². The van der Waals surface area contributed by atoms with Gasteiger partial charge >= 0.3 is 0 Å². The zero-order valence-corrected chi connectivity index (χ0v) is 15.8. The first-order valence-electron chi connectivity index (χ1n) is 8.83. The molecule has 0 atom stereocenters. The quantitative estimate of drug-likeness (QED) is 0.851. The summed E-state index contributed by atoms with van der Waals surface area (Å²) < 4.78 is 1.84. The Labute approximate surface area is 155 Å². The first-order chi connectivity index (χ1) is 11.5. The minimum absolute atomic E-state index is 0. The molecule has 3 heterocycles. The van der Waals surface area contributed by atoms with Gasteiger partial charge in [0.1, 0.15) is 5.54 Å². The normalized spacial score (nSPS) is 20.3. The van der Waals surface area contributed by atoms with Crippen LogP contribution in [-0.4, -0.2) is 70.7 Å². The molecule has 0 aromatic carbocycles. The highest BCUT2D eigenvalue weighted by molar-refractivity contribution is 5.85. The van der Waals surface area contributed by atoms with Gasteiger partial charge in [-0.15, -0.1) is 12.4 Å². The molecule has 1 aromatic rings. The van der Waals surface area contributed by atoms with Crippen molar-refractivity contribution in [3.8, 4) is 0 Å². The van der Waals surface area contributed by atoms with Crippen molar-refractivity contribution in [1.82, 2.24) is 24.9 Å². The van der Waals surface area contributed by atoms with E-state index < -0.39 is 5.54 Å². The van der Waals surface area contributed by atoms with Crippen molar-refractivity contribution < 1.29 is 9.59 Å². The molecule has 1 aromatic heterocycles. The zero-order chi connectivity index (χ0) is 17.2. The Balaban J connectivity index is 0.00000225. The van der Waals surface area contributed by atoms with Gasteiger partial charge in [-0.2, -0.15) is 5.10 Å². The van der Waals surface area contributed by atoms with Gasteiger partial charge in [0.2, 0.25) is 5.91 Å². The Morgan fingerprint density at radius 3 is 2.20 bits per heavy atom. The topological polar surface area (TPSA) is 70.5 Å². The van der Waals surface area contributed by atoms with Crippen molar-refractivity contribution in [2.24, 2.45) is 5.92 Å². The minimum atomic E-state index is -0.584. The maximum absolute atomic E-state index is 13.3. The van der Waals surface area contributed by atoms with Crippen LogP contribution in [-0.2, 0) is 15.1 Å². The summed E-state index contributed by atoms with van der Waals surface area (Å²) in [5, 5.41) is 7.70. The van der Waals surface area contributed by atoms with Crippen LogP contribution in [0.5, 0.6) is 0 Å². The SMILES string of the molecule is CC(C)C(=O)N1CCN(C(=O)C2(n3cccn3)CCNCC2)CC1.Cl. The van der Waals surface area contributed by atoms with Gasteiger partial charge in [0, 0.05) is 44.5 Å². The highest BCUT2D eigenvalue weighted by atomic mass is 35.5. The molecule has 3 rings (SSSR count). The monoisotopic (exact) mass is 369 g/mol. The summed E-state index contributed by atoms with van der Waals surface area (Å²) in [6, 6.07) is 1.87. The Hall–Kier alpha value is -1.60. The van der Waals surface area contributed by atoms with Crippen LogP contribution >= 0.6 is 12.4 Å². The van der Waals surface area contributed by atoms with Crippen molar-refractivity contribution in [3.63, 3.8) is 0 Å². The van der Waals surface area contributed by atoms with Gasteiger partial charge in [-0.25, -0.2) is 0 Å². The third kappa shape index (κ3) is 3.82. The van der Waals surface area contributed by atoms with Crippen LogP contribution in [0, 0.1) is 5.92 Å². The molecule has 0 radical (unpaired) electrons. The Bertz CT molecular complexity index is 576. The van der Waals surface area contributed by atoms with Gasteiger partial charge < -0.3 is 15.1 Å². The summed E-state index contributed by atoms with van der Waals surface area (Å²) in [5.74, 6) is 0.321. The van der Waals surface area contributed by atoms with Crippen molar-refractivity contribution in [2.45, 2.75) is 32.2 Å². The second-order valence-electron chi connectivity index (χ2n) is 7.00. The van der Waals surface area contributed by atoms with E-state index in [1.165, 1.54) is 0 Å². The number of piperidine rings is 1. The van der Waals surface area contributed by atoms with E-state index >= 15 is 0 Å². The number of hydrogen-bond donors (Lipinski definition) is 1. The number of amides is 2. The van der Waals surface area contributed by atoms with Gasteiger partial charge in [-0.1, -0.05) is 13.8 Å². The summed E-state index contributed by atoms with van der Waals surface area (Å²) >= 11 is 0. The van der Waals surface area contributed by atoms with E-state index in [-0.39, 0.29) is 30.1 Å². The molecule has 8 heteroatoms. The van der Waals surface area contributed by atoms with Crippen molar-refractivity contribution in [3.05, 3.63) is 18.5 Å². The fraction of sp³-hybridized carbons (Fsp3) is 0.706. The largest absolute Gasteiger partial charge is 0.339 e. The van der Waals surface area contributed by atoms with Crippen molar-refractivity contribution >= 4 is 24.2 Å². The molecule has 2 aliphatic rings. The maximum atomic E-state index is 13.3. The predicted octanol–water partition coefficient (Wildman–Crippen LogP) is 0.710. The van der Waals surface area contributed by atoms with Crippen LogP contribution in [0.4, 0.5) is 0 Å². The number of hydrogen-bond acceptors (Lipinski definition) is 4. The summed E-state index contributed by atoms with van der Waals surface area (Å²) in [6.45, 7) is 7.92. The molecule has 1 N–H and O–H groups in total. The summed E-state index contributed by atoms with van der Waals surface area (Å²) in [4.78, 5) is 29.2. The molecular weight excluding hydrogens is 342 g/mol. The van der Waals surface area contributed by atoms with E-state index in [9.17, 15) is 9.59 Å². The Morgan fingerprint density at radius 2 is 1.68 bits per heavy atom. The van der Waals surface area contributed by atoms with E-state index in [1.54, 1.807) is 6.20 Å². The van der Waals surface area contributed by atoms with Gasteiger partial charge in [-0.05, 0) is 32.0 Å². The maximum Gasteiger partial charge on any atom is 0.250 e. The van der Waals surface area contributed by atoms with E-state index in [2.05, 4.69) is 10.4 Å². The molecule has 0 bridgehead atoms. The molecule has 2 aliphatic heterocycles. The number of carbonyl (C=O) groups excluding carboxylic acids is 2. The second kappa shape index (κ2) is 8.19. The number of nitrogens with zero attached hydrogens (tertiary/aromatic N) is 4. The zero-order valence-electron chi connectivity index (χ0n) is 15.0. The standard InChI is InChI=1S/C17H27N5O2.ClH/c1-14(2)15(23)20-10-12-21(13-11-20)16(24)17(4-7-18-8-5-17)22-9-3-6-19-22;/h3,6,9,14,18H,4-5,7-8,10-13H2,1-2H3;1H. The molecule has 0 spiro atoms. The van der Waals surface area contributed by atoms with Crippen LogP contribution < -0.4 is 5.32 Å². The molecular formula is C17H28ClN5O2. The van der Waals surface area contributed by atoms with Crippen LogP contribution in [0.15, 0.2) is 18.5 Å². The summed E-state index contributed by atoms with van der Waals surface area (Å²) in [7, 11) is 0. The van der Waals surface area contributed by atoms with Crippen LogP contribution in [0.3, 0.4) is 0 Å². The fourth-order valence-corrected chi connectivity index (χ4v) is 3.69. The van der Waals surface area contributed by atoms with Crippen LogP contribution in [0.25, 0.3) is 0 Å². The first kappa shape index (κ1) is 19.7. The molecule has 140 valence electrons. The van der Waals surface area contributed by atoms with Crippen molar-refractivity contribution in [1.29, 1.82) is 0 Å². The fourth-order valence-electron chi connectivity index (χ4n) is 3.69. The smallest absolute Gasteiger partial charge is 0.250 e. The van der Waals surface area contributed by atoms with E-state index in [4.69, 9.17) is 0 Å². The second-order valence-corrected chi connectivity index (χ2v) is 7.00. The Kier molecular flexibility index (Phi) is 6.46. The highest BCUT2D eigenvalue weighted by Crippen LogP contribution is 2.30. The third-order valence-electron chi connectivity index (χ3n) is 5.14. The lowest BCUT2D eigenvalue weighted by Gasteiger charge is -2.43. The van der Waals surface area contributed by atoms with Gasteiger partial charge in [-0.3, -0.25) is 14.3 Å². The Morgan fingerprint density at radius 1 is 1.08 bits per heavy atom. The van der Waals surface area contributed by atoms with Crippen LogP contribution in [0.2, 0.25) is 0 Å². The lowest BCUT2D eigenvalue weighted by molar-refractivity contribution is -0.148. The first-order valence-corrected chi connectivity index (χ1v) is 8.83. The molecule has 0 unspecified atom stereocenters. The minimum Gasteiger partial charge on any atom is -0.339 e. The molecule has 2 amide bonds. The molecule has 0 aliphatic carbocycles. The number of nitrogens with one attached hydrogen (secondary N) is 1. The van der Waals surface area contributed by atoms with Gasteiger partial charge in [0.05, 0.1) is 0 Å². The van der Waals surface area contributed by atoms with Gasteiger partial charge in [0.15, 0.2) is 0 Å². The summed E-state index contributed by atoms with van der Waals surface area (Å²) in [5.41, 5.74) is -0.584. The number of piperazine rings is 1. The average molecular weight is 370 g/mol. The van der Waals surface area contributed by atoms with E-state index in [0.29, 0.717) is 26.2 Å². The molecule has 2 saturated heterocycles. The average Bonchev–Trinajstić information content (AvgIpc) is 3.16. The highest BCUT2D eigenvalue weighted by Gasteiger charge is 2.45. The molecule has 25 heavy (non-hydrogen) atoms. The lowest BCUT2D eigenvalue weighted by atomic mass is 9.86. The number of carbonyl (C=O) groups is 2. The van der Waals surface area contributed by atoms with Gasteiger partial charge in [0.25, 0.3) is 5.91 Å². The molecule has 7 nitrogen and oxygen atoms in total. The number of aromatic nitrogens is 2. The number of rotatable bonds is 3. The van der Waals surface area contributed by atoms with E-state index in [0.717, 1.165) is 25.9 Å². The van der Waals surface area contributed by atoms with Crippen LogP contribution in [0.1, 0.15) is 26.7 Å².